The predicted octanol–water partition coefficient (Wildman–Crippen LogP) is 4.53. The molecule has 0 bridgehead atoms. The molecule has 2 aromatic carbocycles. The van der Waals surface area contributed by atoms with E-state index in [4.69, 9.17) is 9.15 Å². The molecule has 0 radical (unpaired) electrons. The maximum absolute atomic E-state index is 12.6. The molecule has 1 N–H and O–H groups in total. The van der Waals surface area contributed by atoms with Crippen LogP contribution in [0.25, 0.3) is 11.0 Å². The summed E-state index contributed by atoms with van der Waals surface area (Å²) in [6, 6.07) is 10.3. The summed E-state index contributed by atoms with van der Waals surface area (Å²) < 4.78 is 48.4. The predicted molar refractivity (Wildman–Crippen MR) is 97.4 cm³/mol. The Morgan fingerprint density at radius 1 is 1.11 bits per heavy atom. The maximum atomic E-state index is 12.6. The minimum Gasteiger partial charge on any atom is -0.481 e. The van der Waals surface area contributed by atoms with Crippen molar-refractivity contribution >= 4 is 22.6 Å². The maximum Gasteiger partial charge on any atom is 0.416 e. The number of fused-ring (bicyclic) bond motifs is 1. The fraction of sp³-hybridized carbons (Fsp3) is 0.200. The van der Waals surface area contributed by atoms with E-state index in [9.17, 15) is 22.8 Å². The number of nitrogens with one attached hydrogen (secondary N) is 1. The third-order valence-electron chi connectivity index (χ3n) is 4.08. The number of alkyl halides is 3. The average molecular weight is 391 g/mol. The van der Waals surface area contributed by atoms with Crippen molar-refractivity contribution in [2.24, 2.45) is 0 Å². The van der Waals surface area contributed by atoms with Crippen molar-refractivity contribution < 1.29 is 27.1 Å². The molecule has 0 aliphatic carbocycles. The lowest BCUT2D eigenvalue weighted by atomic mass is 10.1. The Bertz CT molecular complexity index is 1070. The molecule has 1 amide bonds. The third-order valence-corrected chi connectivity index (χ3v) is 4.08. The van der Waals surface area contributed by atoms with Crippen LogP contribution in [0, 0.1) is 6.92 Å². The first kappa shape index (κ1) is 19.5. The van der Waals surface area contributed by atoms with Crippen LogP contribution in [0.4, 0.5) is 18.9 Å². The molecule has 0 saturated carbocycles. The summed E-state index contributed by atoms with van der Waals surface area (Å²) in [5, 5.41) is 3.24. The zero-order valence-electron chi connectivity index (χ0n) is 15.0. The van der Waals surface area contributed by atoms with Crippen LogP contribution in [0.1, 0.15) is 18.1 Å². The second-order valence-electron chi connectivity index (χ2n) is 6.23. The van der Waals surface area contributed by atoms with Gasteiger partial charge in [-0.15, -0.1) is 0 Å². The molecule has 146 valence electrons. The Morgan fingerprint density at radius 2 is 1.79 bits per heavy atom. The molecular weight excluding hydrogens is 375 g/mol. The van der Waals surface area contributed by atoms with Crippen molar-refractivity contribution in [3.63, 3.8) is 0 Å². The van der Waals surface area contributed by atoms with E-state index in [0.29, 0.717) is 11.3 Å². The van der Waals surface area contributed by atoms with Gasteiger partial charge in [0.1, 0.15) is 11.3 Å². The highest BCUT2D eigenvalue weighted by molar-refractivity contribution is 5.94. The molecule has 3 aromatic rings. The number of hydrogen-bond donors (Lipinski definition) is 1. The number of benzene rings is 2. The molecule has 3 rings (SSSR count). The van der Waals surface area contributed by atoms with Gasteiger partial charge in [0, 0.05) is 23.2 Å². The van der Waals surface area contributed by atoms with E-state index in [2.05, 4.69) is 5.32 Å². The van der Waals surface area contributed by atoms with Crippen molar-refractivity contribution in [2.75, 3.05) is 5.32 Å². The minimum atomic E-state index is -4.44. The van der Waals surface area contributed by atoms with Crippen LogP contribution in [0.2, 0.25) is 0 Å². The Balaban J connectivity index is 1.70. The molecule has 0 saturated heterocycles. The number of anilines is 1. The first-order chi connectivity index (χ1) is 13.1. The lowest BCUT2D eigenvalue weighted by Crippen LogP contribution is -2.30. The Labute approximate surface area is 157 Å². The fourth-order valence-electron chi connectivity index (χ4n) is 2.62. The standard InChI is InChI=1S/C20H16F3NO4/c1-11-9-18(25)28-17-10-15(7-8-16(11)17)27-12(2)19(26)24-14-5-3-13(4-6-14)20(21,22)23/h3-10,12H,1-2H3,(H,24,26)/t12-/m1/s1. The molecule has 0 spiro atoms. The van der Waals surface area contributed by atoms with Crippen LogP contribution >= 0.6 is 0 Å². The number of aryl methyl sites for hydroxylation is 1. The largest absolute Gasteiger partial charge is 0.481 e. The second kappa shape index (κ2) is 7.38. The van der Waals surface area contributed by atoms with Crippen molar-refractivity contribution in [1.82, 2.24) is 0 Å². The molecule has 0 unspecified atom stereocenters. The van der Waals surface area contributed by atoms with Crippen LogP contribution in [0.5, 0.6) is 5.75 Å². The molecule has 1 aromatic heterocycles. The van der Waals surface area contributed by atoms with Crippen LogP contribution in [0.3, 0.4) is 0 Å². The highest BCUT2D eigenvalue weighted by Gasteiger charge is 2.30. The van der Waals surface area contributed by atoms with Crippen molar-refractivity contribution in [1.29, 1.82) is 0 Å². The molecule has 1 atom stereocenters. The summed E-state index contributed by atoms with van der Waals surface area (Å²) in [5.74, 6) is -0.220. The first-order valence-corrected chi connectivity index (χ1v) is 8.33. The van der Waals surface area contributed by atoms with Gasteiger partial charge >= 0.3 is 11.8 Å². The molecule has 28 heavy (non-hydrogen) atoms. The summed E-state index contributed by atoms with van der Waals surface area (Å²) >= 11 is 0. The monoisotopic (exact) mass is 391 g/mol. The lowest BCUT2D eigenvalue weighted by molar-refractivity contribution is -0.137. The summed E-state index contributed by atoms with van der Waals surface area (Å²) in [5.41, 5.74) is 0.00955. The van der Waals surface area contributed by atoms with Gasteiger partial charge in [0.15, 0.2) is 6.10 Å². The molecular formula is C20H16F3NO4. The smallest absolute Gasteiger partial charge is 0.416 e. The van der Waals surface area contributed by atoms with Gasteiger partial charge < -0.3 is 14.5 Å². The topological polar surface area (TPSA) is 68.5 Å². The second-order valence-corrected chi connectivity index (χ2v) is 6.23. The fourth-order valence-corrected chi connectivity index (χ4v) is 2.62. The molecule has 0 aliphatic rings. The van der Waals surface area contributed by atoms with Crippen molar-refractivity contribution in [3.8, 4) is 5.75 Å². The third kappa shape index (κ3) is 4.33. The van der Waals surface area contributed by atoms with Crippen LogP contribution in [0.15, 0.2) is 57.7 Å². The van der Waals surface area contributed by atoms with Crippen molar-refractivity contribution in [3.05, 3.63) is 70.1 Å². The zero-order chi connectivity index (χ0) is 20.5. The number of ether oxygens (including phenoxy) is 1. The first-order valence-electron chi connectivity index (χ1n) is 8.33. The Morgan fingerprint density at radius 3 is 2.43 bits per heavy atom. The Kier molecular flexibility index (Phi) is 5.13. The quantitative estimate of drug-likeness (QED) is 0.664. The number of hydrogen-bond acceptors (Lipinski definition) is 4. The van der Waals surface area contributed by atoms with E-state index >= 15 is 0 Å². The summed E-state index contributed by atoms with van der Waals surface area (Å²) in [7, 11) is 0. The Hall–Kier alpha value is -3.29. The van der Waals surface area contributed by atoms with E-state index in [-0.39, 0.29) is 5.69 Å². The van der Waals surface area contributed by atoms with Gasteiger partial charge in [0.05, 0.1) is 5.56 Å². The normalized spacial score (nSPS) is 12.6. The van der Waals surface area contributed by atoms with Gasteiger partial charge in [0.25, 0.3) is 5.91 Å². The summed E-state index contributed by atoms with van der Waals surface area (Å²) in [6.45, 7) is 3.27. The van der Waals surface area contributed by atoms with Crippen LogP contribution in [-0.4, -0.2) is 12.0 Å². The van der Waals surface area contributed by atoms with Gasteiger partial charge in [-0.1, -0.05) is 0 Å². The number of halogens is 3. The van der Waals surface area contributed by atoms with Gasteiger partial charge in [0.2, 0.25) is 0 Å². The molecule has 0 aliphatic heterocycles. The lowest BCUT2D eigenvalue weighted by Gasteiger charge is -2.15. The van der Waals surface area contributed by atoms with E-state index in [1.165, 1.54) is 31.2 Å². The van der Waals surface area contributed by atoms with Crippen molar-refractivity contribution in [2.45, 2.75) is 26.1 Å². The molecule has 8 heteroatoms. The average Bonchev–Trinajstić information content (AvgIpc) is 2.60. The number of carbonyl (C=O) groups excluding carboxylic acids is 1. The molecule has 0 fully saturated rings. The highest BCUT2D eigenvalue weighted by Crippen LogP contribution is 2.30. The number of amides is 1. The summed E-state index contributed by atoms with van der Waals surface area (Å²) in [6.07, 6.45) is -5.38. The highest BCUT2D eigenvalue weighted by atomic mass is 19.4. The van der Waals surface area contributed by atoms with Crippen LogP contribution < -0.4 is 15.7 Å². The van der Waals surface area contributed by atoms with E-state index < -0.39 is 29.4 Å². The number of carbonyl (C=O) groups is 1. The van der Waals surface area contributed by atoms with Gasteiger partial charge in [-0.25, -0.2) is 4.79 Å². The number of rotatable bonds is 4. The van der Waals surface area contributed by atoms with Gasteiger partial charge in [-0.2, -0.15) is 13.2 Å². The van der Waals surface area contributed by atoms with Crippen LogP contribution in [-0.2, 0) is 11.0 Å². The van der Waals surface area contributed by atoms with E-state index in [1.54, 1.807) is 19.1 Å². The molecule has 1 heterocycles. The van der Waals surface area contributed by atoms with E-state index in [1.807, 2.05) is 0 Å². The van der Waals surface area contributed by atoms with Gasteiger partial charge in [-0.3, -0.25) is 4.79 Å². The minimum absolute atomic E-state index is 0.216. The zero-order valence-corrected chi connectivity index (χ0v) is 15.0. The van der Waals surface area contributed by atoms with Gasteiger partial charge in [-0.05, 0) is 55.8 Å². The molecule has 5 nitrogen and oxygen atoms in total. The van der Waals surface area contributed by atoms with E-state index in [0.717, 1.165) is 23.1 Å². The summed E-state index contributed by atoms with van der Waals surface area (Å²) in [4.78, 5) is 23.7. The SMILES string of the molecule is Cc1cc(=O)oc2cc(O[C@H](C)C(=O)Nc3ccc(C(F)(F)F)cc3)ccc12.